The van der Waals surface area contributed by atoms with Crippen LogP contribution in [0.15, 0.2) is 24.4 Å². The summed E-state index contributed by atoms with van der Waals surface area (Å²) in [6, 6.07) is 6.06. The number of hydrogen-bond donors (Lipinski definition) is 2. The lowest BCUT2D eigenvalue weighted by Crippen LogP contribution is -2.55. The van der Waals surface area contributed by atoms with E-state index < -0.39 is 0 Å². The van der Waals surface area contributed by atoms with Gasteiger partial charge in [-0.15, -0.1) is 0 Å². The van der Waals surface area contributed by atoms with Gasteiger partial charge in [0.1, 0.15) is 11.8 Å². The standard InChI is InChI=1S/C34H50N8O3/c1-6-28-34(44)39(4)31-32(42(28)22(2)3)38-30(20-35-31)37-27-14-9-24(19-29(27)45-5)33(43)36-25-10-12-26(13-11-25)41-17-15-40(16-18-41)21-23-7-8-23/h9,14,19-20,22-23,25-26,28H,6-8,10-13,15-18,21H2,1-5H3,(H,36,43)(H,37,38)/t25-,26-,28-/m1/s1. The number of fused-ring (bicyclic) bond motifs is 1. The maximum Gasteiger partial charge on any atom is 0.251 e. The van der Waals surface area contributed by atoms with Gasteiger partial charge in [0.2, 0.25) is 0 Å². The second-order valence-corrected chi connectivity index (χ2v) is 13.5. The van der Waals surface area contributed by atoms with Crippen LogP contribution in [0.5, 0.6) is 5.75 Å². The van der Waals surface area contributed by atoms with E-state index in [1.165, 1.54) is 45.6 Å². The highest BCUT2D eigenvalue weighted by Gasteiger charge is 2.39. The quantitative estimate of drug-likeness (QED) is 0.404. The number of anilines is 4. The average molecular weight is 619 g/mol. The van der Waals surface area contributed by atoms with Crippen molar-refractivity contribution in [2.75, 3.05) is 62.0 Å². The van der Waals surface area contributed by atoms with Gasteiger partial charge in [0.25, 0.3) is 11.8 Å². The van der Waals surface area contributed by atoms with Gasteiger partial charge in [0, 0.05) is 63.5 Å². The van der Waals surface area contributed by atoms with Crippen molar-refractivity contribution in [2.45, 2.75) is 89.9 Å². The van der Waals surface area contributed by atoms with Gasteiger partial charge < -0.3 is 25.2 Å². The predicted octanol–water partition coefficient (Wildman–Crippen LogP) is 4.27. The molecule has 0 bridgehead atoms. The molecule has 2 saturated carbocycles. The van der Waals surface area contributed by atoms with Crippen molar-refractivity contribution in [1.29, 1.82) is 0 Å². The number of ether oxygens (including phenoxy) is 1. The minimum Gasteiger partial charge on any atom is -0.495 e. The Balaban J connectivity index is 1.06. The van der Waals surface area contributed by atoms with Crippen molar-refractivity contribution in [3.8, 4) is 5.75 Å². The molecule has 11 nitrogen and oxygen atoms in total. The summed E-state index contributed by atoms with van der Waals surface area (Å²) >= 11 is 0. The molecule has 11 heteroatoms. The molecule has 0 unspecified atom stereocenters. The van der Waals surface area contributed by atoms with Crippen molar-refractivity contribution in [3.63, 3.8) is 0 Å². The molecule has 1 aromatic carbocycles. The number of rotatable bonds is 10. The Morgan fingerprint density at radius 1 is 1.04 bits per heavy atom. The first-order valence-corrected chi connectivity index (χ1v) is 16.9. The van der Waals surface area contributed by atoms with Crippen LogP contribution in [0.25, 0.3) is 0 Å². The first kappa shape index (κ1) is 31.5. The third kappa shape index (κ3) is 6.89. The van der Waals surface area contributed by atoms with Gasteiger partial charge in [0.15, 0.2) is 17.5 Å². The lowest BCUT2D eigenvalue weighted by molar-refractivity contribution is -0.120. The van der Waals surface area contributed by atoms with E-state index in [2.05, 4.69) is 39.3 Å². The van der Waals surface area contributed by atoms with Crippen molar-refractivity contribution >= 4 is 35.0 Å². The molecule has 45 heavy (non-hydrogen) atoms. The highest BCUT2D eigenvalue weighted by Crippen LogP contribution is 2.37. The minimum atomic E-state index is -0.290. The van der Waals surface area contributed by atoms with Crippen LogP contribution in [0.1, 0.15) is 76.1 Å². The van der Waals surface area contributed by atoms with Crippen molar-refractivity contribution in [3.05, 3.63) is 30.0 Å². The fraction of sp³-hybridized carbons (Fsp3) is 0.647. The van der Waals surface area contributed by atoms with Crippen molar-refractivity contribution < 1.29 is 14.3 Å². The summed E-state index contributed by atoms with van der Waals surface area (Å²) in [6.07, 6.45) is 9.45. The van der Waals surface area contributed by atoms with E-state index in [1.54, 1.807) is 31.3 Å². The van der Waals surface area contributed by atoms with E-state index in [0.717, 1.165) is 31.6 Å². The highest BCUT2D eigenvalue weighted by molar-refractivity contribution is 6.03. The molecule has 1 atom stereocenters. The maximum absolute atomic E-state index is 13.3. The largest absolute Gasteiger partial charge is 0.495 e. The third-order valence-electron chi connectivity index (χ3n) is 10.1. The summed E-state index contributed by atoms with van der Waals surface area (Å²) < 4.78 is 5.69. The summed E-state index contributed by atoms with van der Waals surface area (Å²) in [6.45, 7) is 12.2. The highest BCUT2D eigenvalue weighted by atomic mass is 16.5. The average Bonchev–Trinajstić information content (AvgIpc) is 3.87. The van der Waals surface area contributed by atoms with Crippen LogP contribution in [0.2, 0.25) is 0 Å². The smallest absolute Gasteiger partial charge is 0.251 e. The molecule has 1 saturated heterocycles. The fourth-order valence-electron chi connectivity index (χ4n) is 7.32. The summed E-state index contributed by atoms with van der Waals surface area (Å²) in [5.74, 6) is 3.21. The van der Waals surface area contributed by atoms with Crippen LogP contribution >= 0.6 is 0 Å². The molecule has 0 spiro atoms. The molecule has 2 aliphatic carbocycles. The topological polar surface area (TPSA) is 106 Å². The fourth-order valence-corrected chi connectivity index (χ4v) is 7.32. The molecule has 2 N–H and O–H groups in total. The first-order chi connectivity index (χ1) is 21.7. The zero-order chi connectivity index (χ0) is 31.7. The number of aromatic nitrogens is 2. The van der Waals surface area contributed by atoms with Gasteiger partial charge in [-0.25, -0.2) is 9.97 Å². The van der Waals surface area contributed by atoms with Crippen molar-refractivity contribution in [2.24, 2.45) is 5.92 Å². The number of nitrogens with one attached hydrogen (secondary N) is 2. The predicted molar refractivity (Wildman–Crippen MR) is 178 cm³/mol. The molecular formula is C34H50N8O3. The van der Waals surface area contributed by atoms with Crippen LogP contribution in [0.4, 0.5) is 23.1 Å². The Bertz CT molecular complexity index is 1370. The normalized spacial score (nSPS) is 24.5. The van der Waals surface area contributed by atoms with Crippen LogP contribution < -0.4 is 25.2 Å². The minimum absolute atomic E-state index is 0.0229. The van der Waals surface area contributed by atoms with E-state index in [9.17, 15) is 9.59 Å². The second kappa shape index (κ2) is 13.5. The molecule has 1 aromatic heterocycles. The van der Waals surface area contributed by atoms with Crippen LogP contribution in [0, 0.1) is 5.92 Å². The first-order valence-electron chi connectivity index (χ1n) is 16.9. The Morgan fingerprint density at radius 3 is 2.42 bits per heavy atom. The maximum atomic E-state index is 13.3. The number of methoxy groups -OCH3 is 1. The molecule has 6 rings (SSSR count). The summed E-state index contributed by atoms with van der Waals surface area (Å²) in [5, 5.41) is 6.60. The molecule has 3 heterocycles. The molecule has 2 aromatic rings. The van der Waals surface area contributed by atoms with E-state index >= 15 is 0 Å². The van der Waals surface area contributed by atoms with Gasteiger partial charge in [-0.1, -0.05) is 6.92 Å². The van der Waals surface area contributed by atoms with Gasteiger partial charge in [-0.2, -0.15) is 0 Å². The number of carbonyl (C=O) groups excluding carboxylic acids is 2. The van der Waals surface area contributed by atoms with Gasteiger partial charge in [-0.05, 0) is 82.9 Å². The number of carbonyl (C=O) groups is 2. The molecule has 2 aliphatic heterocycles. The second-order valence-electron chi connectivity index (χ2n) is 13.5. The SMILES string of the molecule is CC[C@@H]1C(=O)N(C)c2ncc(Nc3ccc(C(=O)N[C@H]4CC[C@H](N5CCN(CC6CC6)CC5)CC4)cc3OC)nc2N1C(C)C. The molecular weight excluding hydrogens is 568 g/mol. The Labute approximate surface area is 267 Å². The number of nitrogens with zero attached hydrogens (tertiary/aromatic N) is 6. The van der Waals surface area contributed by atoms with Crippen molar-refractivity contribution in [1.82, 2.24) is 25.1 Å². The zero-order valence-electron chi connectivity index (χ0n) is 27.6. The molecule has 244 valence electrons. The third-order valence-corrected chi connectivity index (χ3v) is 10.1. The number of piperazine rings is 1. The number of likely N-dealkylation sites (N-methyl/N-ethyl adjacent to an activating group) is 1. The summed E-state index contributed by atoms with van der Waals surface area (Å²) in [7, 11) is 3.35. The van der Waals surface area contributed by atoms with E-state index in [1.807, 2.05) is 24.0 Å². The summed E-state index contributed by atoms with van der Waals surface area (Å²) in [5.41, 5.74) is 1.25. The number of hydrogen-bond acceptors (Lipinski definition) is 9. The van der Waals surface area contributed by atoms with Gasteiger partial charge >= 0.3 is 0 Å². The molecule has 4 aliphatic rings. The van der Waals surface area contributed by atoms with Crippen LogP contribution in [-0.4, -0.2) is 103 Å². The number of amides is 2. The number of benzene rings is 1. The van der Waals surface area contributed by atoms with E-state index in [0.29, 0.717) is 46.9 Å². The van der Waals surface area contributed by atoms with Crippen LogP contribution in [0.3, 0.4) is 0 Å². The Kier molecular flexibility index (Phi) is 9.46. The molecule has 0 radical (unpaired) electrons. The van der Waals surface area contributed by atoms with E-state index in [-0.39, 0.29) is 29.9 Å². The van der Waals surface area contributed by atoms with E-state index in [4.69, 9.17) is 9.72 Å². The Hall–Kier alpha value is -3.44. The summed E-state index contributed by atoms with van der Waals surface area (Å²) in [4.78, 5) is 44.7. The van der Waals surface area contributed by atoms with Crippen LogP contribution in [-0.2, 0) is 4.79 Å². The zero-order valence-corrected chi connectivity index (χ0v) is 27.6. The Morgan fingerprint density at radius 2 is 1.78 bits per heavy atom. The molecule has 2 amide bonds. The van der Waals surface area contributed by atoms with Gasteiger partial charge in [0.05, 0.1) is 19.0 Å². The molecule has 3 fully saturated rings. The lowest BCUT2D eigenvalue weighted by atomic mass is 9.89. The lowest BCUT2D eigenvalue weighted by Gasteiger charge is -2.42. The monoisotopic (exact) mass is 618 g/mol. The van der Waals surface area contributed by atoms with Gasteiger partial charge in [-0.3, -0.25) is 19.4 Å².